The van der Waals surface area contributed by atoms with Gasteiger partial charge in [0.2, 0.25) is 0 Å². The molecule has 166 valence electrons. The van der Waals surface area contributed by atoms with Gasteiger partial charge in [0.05, 0.1) is 11.2 Å². The Kier molecular flexibility index (Phi) is 5.07. The van der Waals surface area contributed by atoms with Gasteiger partial charge in [0.15, 0.2) is 0 Å². The summed E-state index contributed by atoms with van der Waals surface area (Å²) in [7, 11) is 0. The molecule has 0 spiro atoms. The molecule has 2 heterocycles. The molecule has 0 N–H and O–H groups in total. The summed E-state index contributed by atoms with van der Waals surface area (Å²) in [6.45, 7) is 5.41. The first-order valence-corrected chi connectivity index (χ1v) is 9.83. The standard InChI is InChI=1S/C23H20F3N3O3/c1-14-4-9-18-15(10-11-27-19(18)12-14)13-28-21(31)29(20(30)22(28,2)3)16-5-7-17(8-6-16)32-23(24,25)26/h4-12H,13H2,1-3H3. The molecule has 0 radical (unpaired) electrons. The third-order valence-electron chi connectivity index (χ3n) is 5.47. The summed E-state index contributed by atoms with van der Waals surface area (Å²) in [5, 5.41) is 0.876. The van der Waals surface area contributed by atoms with Crippen LogP contribution in [0.15, 0.2) is 54.7 Å². The number of pyridine rings is 1. The maximum Gasteiger partial charge on any atom is 0.573 e. The minimum atomic E-state index is -4.83. The molecule has 0 saturated carbocycles. The molecular weight excluding hydrogens is 423 g/mol. The van der Waals surface area contributed by atoms with E-state index < -0.39 is 29.6 Å². The molecule has 1 aliphatic heterocycles. The summed E-state index contributed by atoms with van der Waals surface area (Å²) in [6.07, 6.45) is -3.17. The van der Waals surface area contributed by atoms with Gasteiger partial charge in [0, 0.05) is 18.1 Å². The monoisotopic (exact) mass is 443 g/mol. The molecule has 6 nitrogen and oxygen atoms in total. The molecule has 3 aromatic rings. The molecule has 1 fully saturated rings. The van der Waals surface area contributed by atoms with Gasteiger partial charge in [0.1, 0.15) is 11.3 Å². The lowest BCUT2D eigenvalue weighted by Crippen LogP contribution is -2.43. The van der Waals surface area contributed by atoms with E-state index in [-0.39, 0.29) is 12.2 Å². The molecule has 1 aliphatic rings. The van der Waals surface area contributed by atoms with Crippen molar-refractivity contribution >= 4 is 28.5 Å². The second-order valence-electron chi connectivity index (χ2n) is 8.10. The number of fused-ring (bicyclic) bond motifs is 1. The van der Waals surface area contributed by atoms with Crippen LogP contribution in [0.25, 0.3) is 10.9 Å². The van der Waals surface area contributed by atoms with Gasteiger partial charge in [-0.3, -0.25) is 9.78 Å². The van der Waals surface area contributed by atoms with Crippen LogP contribution in [0.4, 0.5) is 23.7 Å². The fourth-order valence-corrected chi connectivity index (χ4v) is 3.75. The average Bonchev–Trinajstić information content (AvgIpc) is 2.87. The number of alkyl halides is 3. The van der Waals surface area contributed by atoms with Gasteiger partial charge in [-0.05, 0) is 68.3 Å². The Hall–Kier alpha value is -3.62. The Balaban J connectivity index is 1.65. The number of halogens is 3. The van der Waals surface area contributed by atoms with Crippen LogP contribution in [0.5, 0.6) is 5.75 Å². The summed E-state index contributed by atoms with van der Waals surface area (Å²) in [5.74, 6) is -0.906. The van der Waals surface area contributed by atoms with Crippen LogP contribution in [-0.2, 0) is 11.3 Å². The molecule has 3 amide bonds. The van der Waals surface area contributed by atoms with E-state index in [0.717, 1.165) is 39.1 Å². The Labute approximate surface area is 182 Å². The van der Waals surface area contributed by atoms with Crippen molar-refractivity contribution in [3.05, 3.63) is 65.9 Å². The van der Waals surface area contributed by atoms with Crippen molar-refractivity contribution in [1.29, 1.82) is 0 Å². The number of hydrogen-bond donors (Lipinski definition) is 0. The highest BCUT2D eigenvalue weighted by molar-refractivity contribution is 6.23. The van der Waals surface area contributed by atoms with Crippen molar-refractivity contribution in [2.45, 2.75) is 39.2 Å². The van der Waals surface area contributed by atoms with Crippen LogP contribution in [0.2, 0.25) is 0 Å². The first-order valence-electron chi connectivity index (χ1n) is 9.83. The SMILES string of the molecule is Cc1ccc2c(CN3C(=O)N(c4ccc(OC(F)(F)F)cc4)C(=O)C3(C)C)ccnc2c1. The summed E-state index contributed by atoms with van der Waals surface area (Å²) in [4.78, 5) is 33.1. The van der Waals surface area contributed by atoms with Crippen molar-refractivity contribution in [3.8, 4) is 5.75 Å². The molecule has 9 heteroatoms. The summed E-state index contributed by atoms with van der Waals surface area (Å²) in [5.41, 5.74) is 1.69. The van der Waals surface area contributed by atoms with Crippen molar-refractivity contribution < 1.29 is 27.5 Å². The summed E-state index contributed by atoms with van der Waals surface area (Å²) < 4.78 is 41.1. The number of carbonyl (C=O) groups is 2. The molecule has 0 atom stereocenters. The van der Waals surface area contributed by atoms with Crippen LogP contribution in [0, 0.1) is 6.92 Å². The van der Waals surface area contributed by atoms with Crippen molar-refractivity contribution in [2.75, 3.05) is 4.90 Å². The van der Waals surface area contributed by atoms with Gasteiger partial charge in [-0.1, -0.05) is 12.1 Å². The summed E-state index contributed by atoms with van der Waals surface area (Å²) in [6, 6.07) is 11.7. The molecule has 1 aromatic heterocycles. The maximum absolute atomic E-state index is 13.2. The van der Waals surface area contributed by atoms with Crippen LogP contribution < -0.4 is 9.64 Å². The van der Waals surface area contributed by atoms with E-state index in [2.05, 4.69) is 9.72 Å². The van der Waals surface area contributed by atoms with Gasteiger partial charge in [0.25, 0.3) is 5.91 Å². The number of ether oxygens (including phenoxy) is 1. The lowest BCUT2D eigenvalue weighted by molar-refractivity contribution is -0.274. The van der Waals surface area contributed by atoms with Crippen LogP contribution in [0.1, 0.15) is 25.0 Å². The van der Waals surface area contributed by atoms with E-state index in [9.17, 15) is 22.8 Å². The topological polar surface area (TPSA) is 62.7 Å². The van der Waals surface area contributed by atoms with Crippen molar-refractivity contribution in [1.82, 2.24) is 9.88 Å². The summed E-state index contributed by atoms with van der Waals surface area (Å²) >= 11 is 0. The minimum absolute atomic E-state index is 0.167. The fraction of sp³-hybridized carbons (Fsp3) is 0.261. The number of hydrogen-bond acceptors (Lipinski definition) is 4. The second-order valence-corrected chi connectivity index (χ2v) is 8.10. The van der Waals surface area contributed by atoms with Gasteiger partial charge in [-0.2, -0.15) is 0 Å². The predicted octanol–water partition coefficient (Wildman–Crippen LogP) is 5.19. The molecular formula is C23H20F3N3O3. The van der Waals surface area contributed by atoms with Gasteiger partial charge >= 0.3 is 12.4 Å². The van der Waals surface area contributed by atoms with E-state index in [1.54, 1.807) is 26.1 Å². The lowest BCUT2D eigenvalue weighted by atomic mass is 10.0. The van der Waals surface area contributed by atoms with Crippen LogP contribution in [-0.4, -0.2) is 33.7 Å². The number of benzene rings is 2. The smallest absolute Gasteiger partial charge is 0.406 e. The highest BCUT2D eigenvalue weighted by Gasteiger charge is 2.51. The molecule has 2 aromatic carbocycles. The van der Waals surface area contributed by atoms with Crippen molar-refractivity contribution in [2.24, 2.45) is 0 Å². The lowest BCUT2D eigenvalue weighted by Gasteiger charge is -2.28. The normalized spacial score (nSPS) is 16.2. The zero-order chi connectivity index (χ0) is 23.3. The van der Waals surface area contributed by atoms with Gasteiger partial charge in [-0.15, -0.1) is 13.2 Å². The number of anilines is 1. The largest absolute Gasteiger partial charge is 0.573 e. The number of carbonyl (C=O) groups excluding carboxylic acids is 2. The highest BCUT2D eigenvalue weighted by atomic mass is 19.4. The zero-order valence-corrected chi connectivity index (χ0v) is 17.6. The Bertz CT molecular complexity index is 1210. The van der Waals surface area contributed by atoms with E-state index >= 15 is 0 Å². The Morgan fingerprint density at radius 1 is 1.03 bits per heavy atom. The average molecular weight is 443 g/mol. The number of urea groups is 1. The molecule has 32 heavy (non-hydrogen) atoms. The predicted molar refractivity (Wildman–Crippen MR) is 112 cm³/mol. The van der Waals surface area contributed by atoms with E-state index in [4.69, 9.17) is 0 Å². The van der Waals surface area contributed by atoms with Crippen LogP contribution in [0.3, 0.4) is 0 Å². The first-order chi connectivity index (χ1) is 15.0. The number of amides is 3. The van der Waals surface area contributed by atoms with Crippen LogP contribution >= 0.6 is 0 Å². The number of imide groups is 1. The highest BCUT2D eigenvalue weighted by Crippen LogP contribution is 2.35. The fourth-order valence-electron chi connectivity index (χ4n) is 3.75. The third-order valence-corrected chi connectivity index (χ3v) is 5.47. The molecule has 1 saturated heterocycles. The van der Waals surface area contributed by atoms with E-state index in [1.807, 2.05) is 25.1 Å². The number of aryl methyl sites for hydroxylation is 1. The minimum Gasteiger partial charge on any atom is -0.406 e. The second kappa shape index (κ2) is 7.51. The van der Waals surface area contributed by atoms with Gasteiger partial charge < -0.3 is 9.64 Å². The Morgan fingerprint density at radius 2 is 1.72 bits per heavy atom. The molecule has 0 aliphatic carbocycles. The third kappa shape index (κ3) is 3.86. The van der Waals surface area contributed by atoms with E-state index in [1.165, 1.54) is 17.0 Å². The Morgan fingerprint density at radius 3 is 2.38 bits per heavy atom. The number of rotatable bonds is 4. The van der Waals surface area contributed by atoms with E-state index in [0.29, 0.717) is 0 Å². The zero-order valence-electron chi connectivity index (χ0n) is 17.6. The quantitative estimate of drug-likeness (QED) is 0.521. The maximum atomic E-state index is 13.2. The first kappa shape index (κ1) is 21.6. The number of aromatic nitrogens is 1. The molecule has 4 rings (SSSR count). The molecule has 0 unspecified atom stereocenters. The number of nitrogens with zero attached hydrogens (tertiary/aromatic N) is 3. The van der Waals surface area contributed by atoms with Crippen molar-refractivity contribution in [3.63, 3.8) is 0 Å². The van der Waals surface area contributed by atoms with Gasteiger partial charge in [-0.25, -0.2) is 9.69 Å². The molecule has 0 bridgehead atoms.